The molecular formula is C111H120O21. The Hall–Kier alpha value is -12.1. The van der Waals surface area contributed by atoms with Gasteiger partial charge in [0, 0.05) is 22.7 Å². The first-order valence-electron chi connectivity index (χ1n) is 45.8. The van der Waals surface area contributed by atoms with E-state index in [0.717, 1.165) is 87.0 Å². The Bertz CT molecular complexity index is 5110. The van der Waals surface area contributed by atoms with Gasteiger partial charge in [-0.2, -0.15) is 0 Å². The standard InChI is InChI=1S/C39H44O7.C37H40O7.C35H36O7/c1-38(2,29-9-17-34(18-10-29)43-23-36-25-45-36)27-5-13-32(14-6-27)41-21-31(40)22-42-33-15-7-28(8-16-33)39(3,4)30-11-19-35(20-12-30)44-24-37-26-46-37;1-25(29-7-15-34(16-8-29)41-21-36-23-43-36)27-3-11-32(12-4-27)39-19-31(38)20-40-33-13-5-28(6-14-33)26(2)30-9-17-35(18-10-30)42-22-37-24-44-37;36-29(19-37-30-9-1-25(2-10-30)17-27-5-13-32(14-6-27)39-21-34-23-41-34)20-38-31-11-3-26(4-12-31)18-28-7-15-33(16-8-28)40-22-35-24-42-35/h5-20,31,36-37,40H,21-26H2,1-4H3;3-18,25-26,31,36-38H,19-24H2,1-2H3;1-16,29,34-36H,17-24H2. The molecule has 6 saturated heterocycles. The van der Waals surface area contributed by atoms with Crippen LogP contribution in [-0.2, 0) is 52.1 Å². The van der Waals surface area contributed by atoms with Crippen LogP contribution in [-0.4, -0.2) is 189 Å². The van der Waals surface area contributed by atoms with Crippen LogP contribution in [0, 0.1) is 0 Å². The van der Waals surface area contributed by atoms with E-state index >= 15 is 0 Å². The van der Waals surface area contributed by atoms with Crippen LogP contribution in [0.2, 0.25) is 0 Å². The Morgan fingerprint density at radius 1 is 0.220 bits per heavy atom. The first-order valence-corrected chi connectivity index (χ1v) is 45.8. The molecule has 690 valence electrons. The Labute approximate surface area is 774 Å². The predicted molar refractivity (Wildman–Crippen MR) is 505 cm³/mol. The van der Waals surface area contributed by atoms with E-state index in [0.29, 0.717) is 74.1 Å². The van der Waals surface area contributed by atoms with Gasteiger partial charge in [-0.1, -0.05) is 187 Å². The first-order chi connectivity index (χ1) is 64.3. The Morgan fingerprint density at radius 3 is 0.508 bits per heavy atom. The lowest BCUT2D eigenvalue weighted by molar-refractivity contribution is 0.0626. The van der Waals surface area contributed by atoms with Crippen molar-refractivity contribution >= 4 is 0 Å². The van der Waals surface area contributed by atoms with Crippen molar-refractivity contribution in [2.24, 2.45) is 0 Å². The molecular weight excluding hydrogens is 1670 g/mol. The Kier molecular flexibility index (Phi) is 32.0. The van der Waals surface area contributed by atoms with Crippen LogP contribution in [0.1, 0.15) is 120 Å². The predicted octanol–water partition coefficient (Wildman–Crippen LogP) is 18.3. The van der Waals surface area contributed by atoms with E-state index < -0.39 is 18.3 Å². The SMILES string of the molecule is CC(C)(c1ccc(OCC(O)COc2ccc(C(C)(C)c3ccc(OCC4CO4)cc3)cc2)cc1)c1ccc(OCC2CO2)cc1.CC(c1ccc(OCC(O)COc2ccc(C(C)c3ccc(OCC4CO4)cc3)cc2)cc1)c1ccc(OCC2CO2)cc1.OC(COc1ccc(Cc2ccc(OCC3CO3)cc2)cc1)COc1ccc(Cc2ccc(OCC3CO3)cc2)cc1. The molecule has 8 unspecified atom stereocenters. The van der Waals surface area contributed by atoms with Gasteiger partial charge in [0.2, 0.25) is 0 Å². The van der Waals surface area contributed by atoms with Gasteiger partial charge in [0.15, 0.2) is 0 Å². The largest absolute Gasteiger partial charge is 0.491 e. The van der Waals surface area contributed by atoms with Gasteiger partial charge < -0.3 is 101 Å². The van der Waals surface area contributed by atoms with Crippen molar-refractivity contribution in [2.75, 3.05) is 119 Å². The van der Waals surface area contributed by atoms with E-state index in [-0.39, 0.29) is 98.9 Å². The maximum absolute atomic E-state index is 10.5. The second-order valence-corrected chi connectivity index (χ2v) is 35.4. The number of rotatable bonds is 48. The van der Waals surface area contributed by atoms with Crippen molar-refractivity contribution in [2.45, 2.75) is 132 Å². The third kappa shape index (κ3) is 29.4. The number of hydrogen-bond donors (Lipinski definition) is 3. The minimum absolute atomic E-state index is 0.134. The topological polar surface area (TPSA) is 247 Å². The van der Waals surface area contributed by atoms with Gasteiger partial charge in [0.25, 0.3) is 0 Å². The molecule has 8 atom stereocenters. The van der Waals surface area contributed by atoms with Crippen LogP contribution < -0.4 is 56.8 Å². The second-order valence-electron chi connectivity index (χ2n) is 35.4. The molecule has 0 spiro atoms. The van der Waals surface area contributed by atoms with Crippen molar-refractivity contribution < 1.29 is 101 Å². The van der Waals surface area contributed by atoms with Crippen LogP contribution >= 0.6 is 0 Å². The summed E-state index contributed by atoms with van der Waals surface area (Å²) in [6.07, 6.45) is 0.853. The zero-order chi connectivity index (χ0) is 91.0. The lowest BCUT2D eigenvalue weighted by Crippen LogP contribution is -2.25. The Balaban J connectivity index is 0.000000145. The summed E-state index contributed by atoms with van der Waals surface area (Å²) in [5, 5.41) is 31.4. The van der Waals surface area contributed by atoms with Gasteiger partial charge in [0.1, 0.15) is 203 Å². The molecule has 0 saturated carbocycles. The van der Waals surface area contributed by atoms with Crippen LogP contribution in [0.5, 0.6) is 69.0 Å². The van der Waals surface area contributed by atoms with E-state index in [4.69, 9.17) is 85.3 Å². The van der Waals surface area contributed by atoms with Gasteiger partial charge in [-0.3, -0.25) is 0 Å². The van der Waals surface area contributed by atoms with Crippen molar-refractivity contribution in [1.29, 1.82) is 0 Å². The molecule has 6 aliphatic heterocycles. The van der Waals surface area contributed by atoms with Gasteiger partial charge in [-0.25, -0.2) is 0 Å². The summed E-state index contributed by atoms with van der Waals surface area (Å²) in [7, 11) is 0. The molecule has 0 radical (unpaired) electrons. The monoisotopic (exact) mass is 1790 g/mol. The van der Waals surface area contributed by atoms with Gasteiger partial charge in [0.05, 0.1) is 39.6 Å². The smallest absolute Gasteiger partial charge is 0.122 e. The quantitative estimate of drug-likeness (QED) is 0.0300. The van der Waals surface area contributed by atoms with E-state index in [1.54, 1.807) is 0 Å². The molecule has 6 heterocycles. The number of ether oxygens (including phenoxy) is 18. The fourth-order valence-electron chi connectivity index (χ4n) is 14.7. The van der Waals surface area contributed by atoms with Gasteiger partial charge >= 0.3 is 0 Å². The molecule has 6 aliphatic rings. The zero-order valence-corrected chi connectivity index (χ0v) is 75.9. The van der Waals surface area contributed by atoms with Crippen molar-refractivity contribution in [3.63, 3.8) is 0 Å². The maximum Gasteiger partial charge on any atom is 0.122 e. The average Bonchev–Trinajstić information content (AvgIpc) is 1.21. The number of aliphatic hydroxyl groups excluding tert-OH is 3. The summed E-state index contributed by atoms with van der Waals surface area (Å²) in [6.45, 7) is 22.4. The molecule has 3 N–H and O–H groups in total. The normalized spacial score (nSPS) is 18.2. The molecule has 12 aromatic rings. The lowest BCUT2D eigenvalue weighted by Gasteiger charge is -2.26. The van der Waals surface area contributed by atoms with Crippen molar-refractivity contribution in [3.8, 4) is 69.0 Å². The van der Waals surface area contributed by atoms with Gasteiger partial charge in [-0.05, 0) is 225 Å². The van der Waals surface area contributed by atoms with Crippen LogP contribution in [0.15, 0.2) is 291 Å². The summed E-state index contributed by atoms with van der Waals surface area (Å²) in [5.41, 5.74) is 13.9. The summed E-state index contributed by atoms with van der Waals surface area (Å²) >= 11 is 0. The summed E-state index contributed by atoms with van der Waals surface area (Å²) in [6, 6.07) is 97.2. The van der Waals surface area contributed by atoms with Crippen molar-refractivity contribution in [1.82, 2.24) is 0 Å². The third-order valence-electron chi connectivity index (χ3n) is 24.0. The highest BCUT2D eigenvalue weighted by molar-refractivity contribution is 5.46. The summed E-state index contributed by atoms with van der Waals surface area (Å²) in [4.78, 5) is 0. The maximum atomic E-state index is 10.5. The number of epoxide rings is 6. The van der Waals surface area contributed by atoms with Crippen LogP contribution in [0.4, 0.5) is 0 Å². The molecule has 21 heteroatoms. The van der Waals surface area contributed by atoms with E-state index in [9.17, 15) is 15.3 Å². The average molecular weight is 1790 g/mol. The molecule has 0 aliphatic carbocycles. The Morgan fingerprint density at radius 2 is 0.356 bits per heavy atom. The molecule has 0 bridgehead atoms. The molecule has 18 rings (SSSR count). The van der Waals surface area contributed by atoms with E-state index in [1.807, 2.05) is 170 Å². The van der Waals surface area contributed by atoms with Crippen molar-refractivity contribution in [3.05, 3.63) is 358 Å². The van der Waals surface area contributed by atoms with E-state index in [1.165, 1.54) is 66.8 Å². The minimum Gasteiger partial charge on any atom is -0.491 e. The molecule has 132 heavy (non-hydrogen) atoms. The van der Waals surface area contributed by atoms with E-state index in [2.05, 4.69) is 163 Å². The minimum atomic E-state index is -0.772. The fraction of sp³-hybridized carbons (Fsp3) is 0.351. The highest BCUT2D eigenvalue weighted by atomic mass is 16.6. The lowest BCUT2D eigenvalue weighted by atomic mass is 9.78. The van der Waals surface area contributed by atoms with Gasteiger partial charge in [-0.15, -0.1) is 0 Å². The second kappa shape index (κ2) is 45.3. The summed E-state index contributed by atoms with van der Waals surface area (Å²) < 4.78 is 101. The zero-order valence-electron chi connectivity index (χ0n) is 75.9. The summed E-state index contributed by atoms with van der Waals surface area (Å²) in [5.74, 6) is 9.85. The highest BCUT2D eigenvalue weighted by Crippen LogP contribution is 2.38. The number of hydrogen-bond acceptors (Lipinski definition) is 21. The molecule has 6 fully saturated rings. The van der Waals surface area contributed by atoms with Crippen LogP contribution in [0.3, 0.4) is 0 Å². The fourth-order valence-corrected chi connectivity index (χ4v) is 14.7. The molecule has 0 amide bonds. The highest BCUT2D eigenvalue weighted by Gasteiger charge is 2.30. The third-order valence-corrected chi connectivity index (χ3v) is 24.0. The molecule has 0 aromatic heterocycles. The number of aliphatic hydroxyl groups is 3. The van der Waals surface area contributed by atoms with Crippen LogP contribution in [0.25, 0.3) is 0 Å². The first kappa shape index (κ1) is 93.1. The molecule has 21 nitrogen and oxygen atoms in total. The molecule has 12 aromatic carbocycles. The number of benzene rings is 12.